The van der Waals surface area contributed by atoms with E-state index in [1.165, 1.54) is 18.2 Å². The molecule has 0 amide bonds. The highest BCUT2D eigenvalue weighted by molar-refractivity contribution is 9.10. The van der Waals surface area contributed by atoms with Crippen molar-refractivity contribution in [3.05, 3.63) is 60.6 Å². The van der Waals surface area contributed by atoms with E-state index in [9.17, 15) is 9.18 Å². The first-order valence-electron chi connectivity index (χ1n) is 6.26. The van der Waals surface area contributed by atoms with Crippen LogP contribution in [0.3, 0.4) is 0 Å². The fraction of sp³-hybridized carbons (Fsp3) is 0.0714. The summed E-state index contributed by atoms with van der Waals surface area (Å²) in [7, 11) is 1.16. The van der Waals surface area contributed by atoms with E-state index in [-0.39, 0.29) is 26.4 Å². The lowest BCUT2D eigenvalue weighted by atomic mass is 10.1. The van der Waals surface area contributed by atoms with Crippen LogP contribution >= 0.6 is 39.1 Å². The van der Waals surface area contributed by atoms with Crippen LogP contribution in [0.1, 0.15) is 10.4 Å². The Balaban J connectivity index is 2.67. The zero-order chi connectivity index (χ0) is 17.9. The van der Waals surface area contributed by atoms with Gasteiger partial charge >= 0.3 is 5.97 Å². The Hall–Kier alpha value is -1.99. The number of carbonyl (C=O) groups excluding carboxylic acids is 1. The minimum absolute atomic E-state index is 0.103. The predicted octanol–water partition coefficient (Wildman–Crippen LogP) is 6.37. The highest BCUT2D eigenvalue weighted by atomic mass is 79.9. The van der Waals surface area contributed by atoms with E-state index < -0.39 is 11.8 Å². The number of hydrogen-bond donors (Lipinski definition) is 1. The molecule has 0 radical (unpaired) electrons. The lowest BCUT2D eigenvalue weighted by Crippen LogP contribution is -2.08. The van der Waals surface area contributed by atoms with Crippen molar-refractivity contribution in [2.75, 3.05) is 12.4 Å². The zero-order valence-corrected chi connectivity index (χ0v) is 15.1. The van der Waals surface area contributed by atoms with Gasteiger partial charge in [0, 0.05) is 14.4 Å². The molecule has 24 heavy (non-hydrogen) atoms. The van der Waals surface area contributed by atoms with Gasteiger partial charge in [0.1, 0.15) is 0 Å². The van der Waals surface area contributed by atoms with Crippen LogP contribution in [-0.2, 0) is 4.74 Å². The molecule has 2 aromatic rings. The summed E-state index contributed by atoms with van der Waals surface area (Å²) in [6.45, 7) is 0. The number of esters is 1. The summed E-state index contributed by atoms with van der Waals surface area (Å²) in [6, 6.07) is 5.79. The zero-order valence-electron chi connectivity index (χ0n) is 12.0. The number of ether oxygens (including phenoxy) is 1. The van der Waals surface area contributed by atoms with E-state index in [0.29, 0.717) is 10.7 Å². The predicted molar refractivity (Wildman–Crippen MR) is 94.0 cm³/mol. The van der Waals surface area contributed by atoms with Crippen molar-refractivity contribution in [3.63, 3.8) is 0 Å². The molecular weight excluding hydrogens is 426 g/mol. The SMILES string of the molecule is COC(=O)c1cc(Br)c(N=[N+]=[N-])c(F)c1Nc1ccc(Cl)cc1Cl. The molecule has 6 nitrogen and oxygen atoms in total. The molecule has 0 saturated carbocycles. The molecule has 0 unspecified atom stereocenters. The molecular formula is C14H8BrCl2FN4O2. The molecule has 2 rings (SSSR count). The van der Waals surface area contributed by atoms with E-state index in [4.69, 9.17) is 28.7 Å². The minimum atomic E-state index is -0.936. The number of nitrogens with one attached hydrogen (secondary N) is 1. The topological polar surface area (TPSA) is 87.1 Å². The van der Waals surface area contributed by atoms with Crippen LogP contribution in [0.15, 0.2) is 33.9 Å². The van der Waals surface area contributed by atoms with E-state index in [1.807, 2.05) is 0 Å². The fourth-order valence-electron chi connectivity index (χ4n) is 1.86. The van der Waals surface area contributed by atoms with E-state index in [2.05, 4.69) is 36.0 Å². The highest BCUT2D eigenvalue weighted by Gasteiger charge is 2.22. The summed E-state index contributed by atoms with van der Waals surface area (Å²) in [4.78, 5) is 14.5. The number of rotatable bonds is 4. The first-order chi connectivity index (χ1) is 11.4. The van der Waals surface area contributed by atoms with E-state index >= 15 is 0 Å². The molecule has 0 aliphatic rings. The number of nitrogens with zero attached hydrogens (tertiary/aromatic N) is 3. The second kappa shape index (κ2) is 7.72. The van der Waals surface area contributed by atoms with Gasteiger partial charge in [0.2, 0.25) is 0 Å². The molecule has 0 atom stereocenters. The molecule has 0 spiro atoms. The largest absolute Gasteiger partial charge is 0.465 e. The van der Waals surface area contributed by atoms with Gasteiger partial charge in [0.25, 0.3) is 0 Å². The summed E-state index contributed by atoms with van der Waals surface area (Å²) in [5, 5.41) is 6.60. The summed E-state index contributed by atoms with van der Waals surface area (Å²) in [5.41, 5.74) is 8.22. The lowest BCUT2D eigenvalue weighted by molar-refractivity contribution is 0.0601. The molecule has 0 heterocycles. The quantitative estimate of drug-likeness (QED) is 0.263. The summed E-state index contributed by atoms with van der Waals surface area (Å²) in [6.07, 6.45) is 0. The maximum Gasteiger partial charge on any atom is 0.340 e. The van der Waals surface area contributed by atoms with Crippen LogP contribution in [0, 0.1) is 5.82 Å². The van der Waals surface area contributed by atoms with Crippen molar-refractivity contribution >= 4 is 62.2 Å². The Morgan fingerprint density at radius 2 is 2.12 bits per heavy atom. The second-order valence-corrected chi connectivity index (χ2v) is 6.07. The van der Waals surface area contributed by atoms with Crippen molar-refractivity contribution in [1.29, 1.82) is 0 Å². The highest BCUT2D eigenvalue weighted by Crippen LogP contribution is 2.39. The number of benzene rings is 2. The molecule has 1 N–H and O–H groups in total. The molecule has 0 aliphatic carbocycles. The van der Waals surface area contributed by atoms with Gasteiger partial charge in [-0.05, 0) is 29.8 Å². The van der Waals surface area contributed by atoms with Crippen LogP contribution < -0.4 is 5.32 Å². The van der Waals surface area contributed by atoms with Crippen LogP contribution in [0.25, 0.3) is 10.4 Å². The van der Waals surface area contributed by atoms with Gasteiger partial charge in [-0.1, -0.05) is 44.2 Å². The molecule has 0 aliphatic heterocycles. The Morgan fingerprint density at radius 3 is 2.71 bits per heavy atom. The number of halogens is 4. The standard InChI is InChI=1S/C14H8BrCl2FN4O2/c1-24-14(23)7-5-8(15)13(21-22-19)11(18)12(7)20-10-3-2-6(16)4-9(10)17/h2-5,20H,1H3. The first kappa shape index (κ1) is 18.4. The van der Waals surface area contributed by atoms with Gasteiger partial charge in [0.15, 0.2) is 5.82 Å². The summed E-state index contributed by atoms with van der Waals surface area (Å²) >= 11 is 14.9. The Kier molecular flexibility index (Phi) is 5.90. The lowest BCUT2D eigenvalue weighted by Gasteiger charge is -2.15. The number of anilines is 2. The Labute approximate surface area is 154 Å². The molecule has 0 saturated heterocycles. The number of methoxy groups -OCH3 is 1. The summed E-state index contributed by atoms with van der Waals surface area (Å²) < 4.78 is 19.5. The molecule has 0 bridgehead atoms. The van der Waals surface area contributed by atoms with Gasteiger partial charge in [-0.25, -0.2) is 9.18 Å². The average molecular weight is 434 g/mol. The van der Waals surface area contributed by atoms with Crippen molar-refractivity contribution in [1.82, 2.24) is 0 Å². The molecule has 0 fully saturated rings. The first-order valence-corrected chi connectivity index (χ1v) is 7.81. The maximum atomic E-state index is 14.7. The molecule has 0 aromatic heterocycles. The third-order valence-electron chi connectivity index (χ3n) is 2.93. The molecule has 10 heteroatoms. The Morgan fingerprint density at radius 1 is 1.42 bits per heavy atom. The van der Waals surface area contributed by atoms with Crippen molar-refractivity contribution in [3.8, 4) is 0 Å². The van der Waals surface area contributed by atoms with Crippen molar-refractivity contribution < 1.29 is 13.9 Å². The molecule has 2 aromatic carbocycles. The smallest absolute Gasteiger partial charge is 0.340 e. The third-order valence-corrected chi connectivity index (χ3v) is 4.09. The molecule has 124 valence electrons. The fourth-order valence-corrected chi connectivity index (χ4v) is 2.80. The number of azide groups is 1. The minimum Gasteiger partial charge on any atom is -0.465 e. The maximum absolute atomic E-state index is 14.7. The normalized spacial score (nSPS) is 10.0. The van der Waals surface area contributed by atoms with Gasteiger partial charge in [-0.2, -0.15) is 0 Å². The van der Waals surface area contributed by atoms with Crippen LogP contribution in [0.2, 0.25) is 10.0 Å². The van der Waals surface area contributed by atoms with Gasteiger partial charge in [-0.15, -0.1) is 0 Å². The second-order valence-electron chi connectivity index (χ2n) is 4.37. The van der Waals surface area contributed by atoms with Gasteiger partial charge in [0.05, 0.1) is 34.8 Å². The third kappa shape index (κ3) is 3.73. The number of carbonyl (C=O) groups is 1. The van der Waals surface area contributed by atoms with Crippen LogP contribution in [0.5, 0.6) is 0 Å². The monoisotopic (exact) mass is 432 g/mol. The van der Waals surface area contributed by atoms with E-state index in [1.54, 1.807) is 6.07 Å². The summed E-state index contributed by atoms with van der Waals surface area (Å²) in [5.74, 6) is -1.72. The van der Waals surface area contributed by atoms with Crippen molar-refractivity contribution in [2.24, 2.45) is 5.11 Å². The van der Waals surface area contributed by atoms with Crippen LogP contribution in [-0.4, -0.2) is 13.1 Å². The van der Waals surface area contributed by atoms with Gasteiger partial charge < -0.3 is 10.1 Å². The van der Waals surface area contributed by atoms with Crippen LogP contribution in [0.4, 0.5) is 21.5 Å². The number of hydrogen-bond acceptors (Lipinski definition) is 4. The van der Waals surface area contributed by atoms with E-state index in [0.717, 1.165) is 7.11 Å². The van der Waals surface area contributed by atoms with Crippen molar-refractivity contribution in [2.45, 2.75) is 0 Å². The Bertz CT molecular complexity index is 872. The van der Waals surface area contributed by atoms with Gasteiger partial charge in [-0.3, -0.25) is 0 Å². The average Bonchev–Trinajstić information content (AvgIpc) is 2.55.